The Morgan fingerprint density at radius 3 is 2.14 bits per heavy atom. The molecule has 1 saturated carbocycles. The fourth-order valence-corrected chi connectivity index (χ4v) is 3.51. The predicted octanol–water partition coefficient (Wildman–Crippen LogP) is 5.14. The molecule has 0 heterocycles. The number of hydrogen-bond acceptors (Lipinski definition) is 5. The molecule has 0 atom stereocenters. The summed E-state index contributed by atoms with van der Waals surface area (Å²) in [5.74, 6) is 0.616. The summed E-state index contributed by atoms with van der Waals surface area (Å²) in [6.07, 6.45) is 4.03. The van der Waals surface area contributed by atoms with Crippen LogP contribution in [0.3, 0.4) is 0 Å². The van der Waals surface area contributed by atoms with Crippen LogP contribution in [-0.4, -0.2) is 23.8 Å². The molecular formula is C24H24O5. The number of ketones is 2. The molecule has 0 amide bonds. The van der Waals surface area contributed by atoms with Crippen LogP contribution in [0.1, 0.15) is 48.0 Å². The highest BCUT2D eigenvalue weighted by atomic mass is 16.7. The molecule has 0 bridgehead atoms. The van der Waals surface area contributed by atoms with E-state index in [1.54, 1.807) is 36.4 Å². The monoisotopic (exact) mass is 392 g/mol. The molecule has 0 aromatic heterocycles. The molecule has 1 aliphatic carbocycles. The van der Waals surface area contributed by atoms with Crippen molar-refractivity contribution in [1.82, 2.24) is 0 Å². The summed E-state index contributed by atoms with van der Waals surface area (Å²) in [4.78, 5) is 35.9. The number of hydrogen-bond donors (Lipinski definition) is 0. The Balaban J connectivity index is 1.47. The summed E-state index contributed by atoms with van der Waals surface area (Å²) in [5, 5.41) is 0. The van der Waals surface area contributed by atoms with Crippen LogP contribution in [-0.2, 0) is 9.53 Å². The van der Waals surface area contributed by atoms with Crippen LogP contribution in [0.15, 0.2) is 67.3 Å². The third kappa shape index (κ3) is 5.88. The fourth-order valence-electron chi connectivity index (χ4n) is 3.51. The molecule has 5 nitrogen and oxygen atoms in total. The summed E-state index contributed by atoms with van der Waals surface area (Å²) in [7, 11) is 0. The Kier molecular flexibility index (Phi) is 6.95. The lowest BCUT2D eigenvalue weighted by molar-refractivity contribution is -0.115. The zero-order valence-corrected chi connectivity index (χ0v) is 16.2. The molecule has 0 radical (unpaired) electrons. The van der Waals surface area contributed by atoms with Gasteiger partial charge >= 0.3 is 6.16 Å². The number of benzene rings is 2. The molecular weight excluding hydrogens is 368 g/mol. The van der Waals surface area contributed by atoms with Crippen molar-refractivity contribution in [2.24, 2.45) is 5.92 Å². The van der Waals surface area contributed by atoms with Crippen molar-refractivity contribution in [3.63, 3.8) is 0 Å². The first kappa shape index (κ1) is 20.5. The lowest BCUT2D eigenvalue weighted by Gasteiger charge is -2.27. The van der Waals surface area contributed by atoms with E-state index in [2.05, 4.69) is 6.58 Å². The van der Waals surface area contributed by atoms with E-state index in [4.69, 9.17) is 9.47 Å². The minimum absolute atomic E-state index is 0.0583. The Hall–Kier alpha value is -3.21. The van der Waals surface area contributed by atoms with E-state index in [9.17, 15) is 14.4 Å². The van der Waals surface area contributed by atoms with Crippen molar-refractivity contribution in [2.75, 3.05) is 0 Å². The summed E-state index contributed by atoms with van der Waals surface area (Å²) < 4.78 is 10.6. The SMILES string of the molecule is C=CC(=O)CC1CCC(OC(=O)Oc2ccc(C(=O)c3ccccc3)cc2)CC1. The molecule has 0 aliphatic heterocycles. The van der Waals surface area contributed by atoms with Crippen LogP contribution >= 0.6 is 0 Å². The Labute approximate surface area is 170 Å². The highest BCUT2D eigenvalue weighted by Crippen LogP contribution is 2.29. The minimum atomic E-state index is -0.752. The molecule has 29 heavy (non-hydrogen) atoms. The fraction of sp³-hybridized carbons (Fsp3) is 0.292. The zero-order chi connectivity index (χ0) is 20.6. The topological polar surface area (TPSA) is 69.7 Å². The van der Waals surface area contributed by atoms with Crippen LogP contribution in [0.5, 0.6) is 5.75 Å². The Morgan fingerprint density at radius 1 is 0.897 bits per heavy atom. The second-order valence-corrected chi connectivity index (χ2v) is 7.21. The van der Waals surface area contributed by atoms with Gasteiger partial charge in [0.2, 0.25) is 0 Å². The lowest BCUT2D eigenvalue weighted by Crippen LogP contribution is -2.26. The second kappa shape index (κ2) is 9.82. The lowest BCUT2D eigenvalue weighted by atomic mass is 9.84. The third-order valence-electron chi connectivity index (χ3n) is 5.13. The van der Waals surface area contributed by atoms with E-state index in [1.165, 1.54) is 6.08 Å². The van der Waals surface area contributed by atoms with Crippen LogP contribution in [0.2, 0.25) is 0 Å². The molecule has 0 spiro atoms. The van der Waals surface area contributed by atoms with Crippen molar-refractivity contribution in [1.29, 1.82) is 0 Å². The van der Waals surface area contributed by atoms with Gasteiger partial charge in [-0.1, -0.05) is 36.9 Å². The largest absolute Gasteiger partial charge is 0.514 e. The number of allylic oxidation sites excluding steroid dienone is 1. The molecule has 0 saturated heterocycles. The molecule has 1 aliphatic rings. The van der Waals surface area contributed by atoms with Crippen molar-refractivity contribution in [2.45, 2.75) is 38.2 Å². The average Bonchev–Trinajstić information content (AvgIpc) is 2.75. The van der Waals surface area contributed by atoms with Crippen LogP contribution in [0.4, 0.5) is 4.79 Å². The van der Waals surface area contributed by atoms with Gasteiger partial charge in [0.25, 0.3) is 0 Å². The van der Waals surface area contributed by atoms with Crippen LogP contribution in [0, 0.1) is 5.92 Å². The smallest absolute Gasteiger partial charge is 0.431 e. The predicted molar refractivity (Wildman–Crippen MR) is 109 cm³/mol. The zero-order valence-electron chi connectivity index (χ0n) is 16.2. The first-order chi connectivity index (χ1) is 14.0. The Morgan fingerprint density at radius 2 is 1.52 bits per heavy atom. The van der Waals surface area contributed by atoms with Crippen LogP contribution in [0.25, 0.3) is 0 Å². The van der Waals surface area contributed by atoms with Gasteiger partial charge in [0.1, 0.15) is 11.9 Å². The molecule has 1 fully saturated rings. The third-order valence-corrected chi connectivity index (χ3v) is 5.13. The maximum Gasteiger partial charge on any atom is 0.514 e. The minimum Gasteiger partial charge on any atom is -0.431 e. The number of ether oxygens (including phenoxy) is 2. The summed E-state index contributed by atoms with van der Waals surface area (Å²) >= 11 is 0. The van der Waals surface area contributed by atoms with Gasteiger partial charge < -0.3 is 9.47 Å². The van der Waals surface area contributed by atoms with E-state index in [1.807, 2.05) is 18.2 Å². The summed E-state index contributed by atoms with van der Waals surface area (Å²) in [6, 6.07) is 15.4. The summed E-state index contributed by atoms with van der Waals surface area (Å²) in [6.45, 7) is 3.50. The normalized spacial score (nSPS) is 18.5. The highest BCUT2D eigenvalue weighted by molar-refractivity contribution is 6.09. The van der Waals surface area contributed by atoms with Crippen LogP contribution < -0.4 is 4.74 Å². The van der Waals surface area contributed by atoms with Gasteiger partial charge in [-0.15, -0.1) is 0 Å². The second-order valence-electron chi connectivity index (χ2n) is 7.21. The van der Waals surface area contributed by atoms with Gasteiger partial charge in [-0.3, -0.25) is 9.59 Å². The number of rotatable bonds is 7. The van der Waals surface area contributed by atoms with Crippen molar-refractivity contribution in [3.8, 4) is 5.75 Å². The van der Waals surface area contributed by atoms with E-state index in [-0.39, 0.29) is 17.7 Å². The molecule has 0 N–H and O–H groups in total. The molecule has 2 aromatic carbocycles. The van der Waals surface area contributed by atoms with Gasteiger partial charge in [-0.05, 0) is 61.9 Å². The van der Waals surface area contributed by atoms with Gasteiger partial charge in [0.05, 0.1) is 0 Å². The van der Waals surface area contributed by atoms with E-state index >= 15 is 0 Å². The molecule has 5 heteroatoms. The molecule has 2 aromatic rings. The summed E-state index contributed by atoms with van der Waals surface area (Å²) in [5.41, 5.74) is 1.12. The van der Waals surface area contributed by atoms with Gasteiger partial charge in [-0.2, -0.15) is 0 Å². The van der Waals surface area contributed by atoms with Crippen molar-refractivity contribution in [3.05, 3.63) is 78.4 Å². The van der Waals surface area contributed by atoms with E-state index in [0.29, 0.717) is 42.1 Å². The van der Waals surface area contributed by atoms with Gasteiger partial charge in [-0.25, -0.2) is 4.79 Å². The maximum atomic E-state index is 12.4. The van der Waals surface area contributed by atoms with Gasteiger partial charge in [0, 0.05) is 17.5 Å². The Bertz CT molecular complexity index is 862. The van der Waals surface area contributed by atoms with E-state index < -0.39 is 6.16 Å². The molecule has 150 valence electrons. The first-order valence-electron chi connectivity index (χ1n) is 9.78. The van der Waals surface area contributed by atoms with Crippen molar-refractivity contribution >= 4 is 17.7 Å². The van der Waals surface area contributed by atoms with Crippen molar-refractivity contribution < 1.29 is 23.9 Å². The molecule has 0 unspecified atom stereocenters. The number of carbonyl (C=O) groups is 3. The van der Waals surface area contributed by atoms with Gasteiger partial charge in [0.15, 0.2) is 11.6 Å². The van der Waals surface area contributed by atoms with E-state index in [0.717, 1.165) is 12.8 Å². The maximum absolute atomic E-state index is 12.4. The quantitative estimate of drug-likeness (QED) is 0.282. The first-order valence-corrected chi connectivity index (χ1v) is 9.78. The highest BCUT2D eigenvalue weighted by Gasteiger charge is 2.25. The standard InChI is InChI=1S/C24H24O5/c1-2-20(25)16-17-8-12-21(13-9-17)28-24(27)29-22-14-10-19(11-15-22)23(26)18-6-4-3-5-7-18/h2-7,10-11,14-15,17,21H,1,8-9,12-13,16H2. The number of carbonyl (C=O) groups excluding carboxylic acids is 3. The molecule has 3 rings (SSSR count). The average molecular weight is 392 g/mol.